The van der Waals surface area contributed by atoms with E-state index in [1.807, 2.05) is 0 Å². The van der Waals surface area contributed by atoms with E-state index in [4.69, 9.17) is 0 Å². The molecule has 0 saturated carbocycles. The Morgan fingerprint density at radius 1 is 1.38 bits per heavy atom. The Morgan fingerprint density at radius 3 is 2.38 bits per heavy atom. The van der Waals surface area contributed by atoms with Gasteiger partial charge in [0.1, 0.15) is 0 Å². The number of allylic oxidation sites excluding steroid dienone is 1. The van der Waals surface area contributed by atoms with Crippen molar-refractivity contribution in [2.45, 2.75) is 12.8 Å². The molecule has 1 rings (SSSR count). The Balaban J connectivity index is 2.56. The standard InChI is InChI=1S/C7H14N/c1-8(2)6-4-3-5-7-8/h4,6H,3,5,7H2,1-2H3/q+1. The number of hydrogen-bond acceptors (Lipinski definition) is 0. The van der Waals surface area contributed by atoms with Gasteiger partial charge >= 0.3 is 0 Å². The fourth-order valence-corrected chi connectivity index (χ4v) is 1.05. The fourth-order valence-electron chi connectivity index (χ4n) is 1.05. The molecule has 1 heteroatoms. The Morgan fingerprint density at radius 2 is 2.12 bits per heavy atom. The highest BCUT2D eigenvalue weighted by molar-refractivity contribution is 4.77. The van der Waals surface area contributed by atoms with Crippen LogP contribution < -0.4 is 0 Å². The van der Waals surface area contributed by atoms with Crippen LogP contribution in [-0.4, -0.2) is 25.1 Å². The van der Waals surface area contributed by atoms with Gasteiger partial charge in [-0.25, -0.2) is 0 Å². The Kier molecular flexibility index (Phi) is 1.39. The molecule has 0 aromatic rings. The first-order valence-electron chi connectivity index (χ1n) is 3.21. The van der Waals surface area contributed by atoms with Crippen molar-refractivity contribution in [3.05, 3.63) is 12.3 Å². The summed E-state index contributed by atoms with van der Waals surface area (Å²) in [4.78, 5) is 0. The summed E-state index contributed by atoms with van der Waals surface area (Å²) in [6, 6.07) is 0. The van der Waals surface area contributed by atoms with E-state index in [1.165, 1.54) is 19.4 Å². The first-order chi connectivity index (χ1) is 3.71. The molecular formula is C7H14N+. The second-order valence-electron chi connectivity index (χ2n) is 3.03. The Bertz CT molecular complexity index is 103. The zero-order valence-corrected chi connectivity index (χ0v) is 5.72. The second kappa shape index (κ2) is 1.90. The Labute approximate surface area is 51.2 Å². The summed E-state index contributed by atoms with van der Waals surface area (Å²) in [5.41, 5.74) is 0. The molecule has 0 spiro atoms. The molecule has 0 amide bonds. The van der Waals surface area contributed by atoms with Gasteiger partial charge in [-0.3, -0.25) is 0 Å². The minimum atomic E-state index is 1.07. The van der Waals surface area contributed by atoms with Crippen molar-refractivity contribution in [2.75, 3.05) is 20.6 Å². The third-order valence-electron chi connectivity index (χ3n) is 1.61. The number of hydrogen-bond donors (Lipinski definition) is 0. The summed E-state index contributed by atoms with van der Waals surface area (Å²) < 4.78 is 1.07. The van der Waals surface area contributed by atoms with Gasteiger partial charge in [0, 0.05) is 6.42 Å². The van der Waals surface area contributed by atoms with E-state index in [2.05, 4.69) is 26.4 Å². The third-order valence-corrected chi connectivity index (χ3v) is 1.61. The topological polar surface area (TPSA) is 0 Å². The second-order valence-corrected chi connectivity index (χ2v) is 3.03. The molecule has 1 nitrogen and oxygen atoms in total. The summed E-state index contributed by atoms with van der Waals surface area (Å²) >= 11 is 0. The molecule has 0 aromatic carbocycles. The van der Waals surface area contributed by atoms with Crippen molar-refractivity contribution >= 4 is 0 Å². The maximum atomic E-state index is 2.27. The van der Waals surface area contributed by atoms with Crippen LogP contribution in [0.1, 0.15) is 12.8 Å². The van der Waals surface area contributed by atoms with Crippen molar-refractivity contribution < 1.29 is 4.48 Å². The number of nitrogens with zero attached hydrogens (tertiary/aromatic N) is 1. The van der Waals surface area contributed by atoms with Gasteiger partial charge < -0.3 is 4.48 Å². The molecule has 0 bridgehead atoms. The normalized spacial score (nSPS) is 25.8. The van der Waals surface area contributed by atoms with E-state index >= 15 is 0 Å². The molecule has 0 fully saturated rings. The van der Waals surface area contributed by atoms with Crippen LogP contribution in [0.25, 0.3) is 0 Å². The molecule has 0 atom stereocenters. The third kappa shape index (κ3) is 1.34. The predicted octanol–water partition coefficient (Wildman–Crippen LogP) is 1.37. The van der Waals surface area contributed by atoms with Crippen LogP contribution in [0, 0.1) is 0 Å². The first-order valence-corrected chi connectivity index (χ1v) is 3.21. The highest BCUT2D eigenvalue weighted by atomic mass is 15.3. The molecule has 1 heterocycles. The van der Waals surface area contributed by atoms with E-state index in [1.54, 1.807) is 0 Å². The maximum Gasteiger partial charge on any atom is 0.0913 e. The molecule has 0 N–H and O–H groups in total. The van der Waals surface area contributed by atoms with Gasteiger partial charge in [0.05, 0.1) is 26.8 Å². The number of rotatable bonds is 0. The molecule has 8 heavy (non-hydrogen) atoms. The van der Waals surface area contributed by atoms with Crippen molar-refractivity contribution in [3.8, 4) is 0 Å². The highest BCUT2D eigenvalue weighted by Crippen LogP contribution is 2.09. The van der Waals surface area contributed by atoms with Crippen LogP contribution in [0.3, 0.4) is 0 Å². The van der Waals surface area contributed by atoms with Crippen molar-refractivity contribution in [1.29, 1.82) is 0 Å². The van der Waals surface area contributed by atoms with Crippen LogP contribution in [0.4, 0.5) is 0 Å². The lowest BCUT2D eigenvalue weighted by Crippen LogP contribution is -2.35. The van der Waals surface area contributed by atoms with E-state index in [0.29, 0.717) is 0 Å². The monoisotopic (exact) mass is 112 g/mol. The summed E-state index contributed by atoms with van der Waals surface area (Å²) in [5, 5.41) is 0. The van der Waals surface area contributed by atoms with Gasteiger partial charge in [0.15, 0.2) is 0 Å². The lowest BCUT2D eigenvalue weighted by atomic mass is 10.2. The largest absolute Gasteiger partial charge is 0.302 e. The van der Waals surface area contributed by atoms with Crippen LogP contribution in [0.2, 0.25) is 0 Å². The number of quaternary nitrogens is 1. The van der Waals surface area contributed by atoms with Crippen LogP contribution in [0.5, 0.6) is 0 Å². The van der Waals surface area contributed by atoms with Crippen LogP contribution in [0.15, 0.2) is 12.3 Å². The summed E-state index contributed by atoms with van der Waals surface area (Å²) in [7, 11) is 4.46. The van der Waals surface area contributed by atoms with Gasteiger partial charge in [0.25, 0.3) is 0 Å². The molecule has 0 aromatic heterocycles. The minimum Gasteiger partial charge on any atom is -0.302 e. The quantitative estimate of drug-likeness (QED) is 0.415. The predicted molar refractivity (Wildman–Crippen MR) is 35.3 cm³/mol. The lowest BCUT2D eigenvalue weighted by molar-refractivity contribution is -0.841. The van der Waals surface area contributed by atoms with E-state index in [-0.39, 0.29) is 0 Å². The lowest BCUT2D eigenvalue weighted by Gasteiger charge is -2.27. The maximum absolute atomic E-state index is 2.27. The summed E-state index contributed by atoms with van der Waals surface area (Å²) in [6.45, 7) is 1.30. The average molecular weight is 112 g/mol. The molecular weight excluding hydrogens is 98.1 g/mol. The van der Waals surface area contributed by atoms with Gasteiger partial charge in [0.2, 0.25) is 0 Å². The molecule has 0 radical (unpaired) electrons. The van der Waals surface area contributed by atoms with E-state index < -0.39 is 0 Å². The highest BCUT2D eigenvalue weighted by Gasteiger charge is 2.12. The van der Waals surface area contributed by atoms with Gasteiger partial charge in [-0.05, 0) is 12.5 Å². The smallest absolute Gasteiger partial charge is 0.0913 e. The van der Waals surface area contributed by atoms with E-state index in [0.717, 1.165) is 4.48 Å². The zero-order chi connectivity index (χ0) is 6.04. The van der Waals surface area contributed by atoms with Crippen molar-refractivity contribution in [2.24, 2.45) is 0 Å². The SMILES string of the molecule is C[N+]1(C)C=CCCC1. The molecule has 1 aliphatic rings. The summed E-state index contributed by atoms with van der Waals surface area (Å²) in [5.74, 6) is 0. The van der Waals surface area contributed by atoms with Crippen molar-refractivity contribution in [1.82, 2.24) is 0 Å². The molecule has 46 valence electrons. The summed E-state index contributed by atoms with van der Waals surface area (Å²) in [6.07, 6.45) is 7.16. The average Bonchev–Trinajstić information content (AvgIpc) is 1.65. The molecule has 0 aliphatic carbocycles. The first kappa shape index (κ1) is 5.83. The van der Waals surface area contributed by atoms with Gasteiger partial charge in [-0.2, -0.15) is 0 Å². The van der Waals surface area contributed by atoms with E-state index in [9.17, 15) is 0 Å². The van der Waals surface area contributed by atoms with Gasteiger partial charge in [-0.15, -0.1) is 0 Å². The Hall–Kier alpha value is -0.300. The molecule has 0 unspecified atom stereocenters. The minimum absolute atomic E-state index is 1.07. The molecule has 1 aliphatic heterocycles. The zero-order valence-electron chi connectivity index (χ0n) is 5.72. The van der Waals surface area contributed by atoms with Crippen LogP contribution in [-0.2, 0) is 0 Å². The van der Waals surface area contributed by atoms with Crippen molar-refractivity contribution in [3.63, 3.8) is 0 Å². The fraction of sp³-hybridized carbons (Fsp3) is 0.714. The molecule has 0 saturated heterocycles. The van der Waals surface area contributed by atoms with Crippen LogP contribution >= 0.6 is 0 Å². The van der Waals surface area contributed by atoms with Gasteiger partial charge in [-0.1, -0.05) is 0 Å².